The topological polar surface area (TPSA) is 59.0 Å². The summed E-state index contributed by atoms with van der Waals surface area (Å²) in [5, 5.41) is 4.81. The Labute approximate surface area is 70.0 Å². The predicted octanol–water partition coefficient (Wildman–Crippen LogP) is -0.234. The van der Waals surface area contributed by atoms with E-state index < -0.39 is 11.7 Å². The van der Waals surface area contributed by atoms with Crippen LogP contribution in [-0.4, -0.2) is 35.7 Å². The van der Waals surface area contributed by atoms with Crippen LogP contribution in [0.2, 0.25) is 0 Å². The number of Topliss-reactive ketones (excluding diaryl/α,β-unsaturated/α-hetero) is 1. The Morgan fingerprint density at radius 2 is 2.00 bits per heavy atom. The van der Waals surface area contributed by atoms with Gasteiger partial charge in [0.05, 0.1) is 13.2 Å². The molecule has 0 N–H and O–H groups in total. The van der Waals surface area contributed by atoms with Crippen LogP contribution in [-0.2, 0) is 14.3 Å². The first kappa shape index (κ1) is 8.70. The Morgan fingerprint density at radius 1 is 1.42 bits per heavy atom. The molecule has 0 saturated carbocycles. The van der Waals surface area contributed by atoms with Crippen LogP contribution < -0.4 is 0 Å². The fourth-order valence-electron chi connectivity index (χ4n) is 0.868. The molecule has 1 heterocycles. The first-order chi connectivity index (χ1) is 5.57. The Hall–Kier alpha value is -1.39. The van der Waals surface area contributed by atoms with E-state index in [-0.39, 0.29) is 11.9 Å². The quantitative estimate of drug-likeness (QED) is 0.510. The van der Waals surface area contributed by atoms with Gasteiger partial charge in [-0.3, -0.25) is 9.59 Å². The standard InChI is InChI=1S/C7H10N2O3/c1-4(2)9-7(11)5(10)6(8-9)12-3/h4H,1-3H3. The van der Waals surface area contributed by atoms with Crippen molar-refractivity contribution in [3.63, 3.8) is 0 Å². The fourth-order valence-corrected chi connectivity index (χ4v) is 0.868. The molecular weight excluding hydrogens is 160 g/mol. The maximum Gasteiger partial charge on any atom is 0.320 e. The Kier molecular flexibility index (Phi) is 2.12. The number of amides is 1. The number of rotatable bonds is 1. The molecule has 12 heavy (non-hydrogen) atoms. The van der Waals surface area contributed by atoms with Gasteiger partial charge >= 0.3 is 11.7 Å². The van der Waals surface area contributed by atoms with Crippen molar-refractivity contribution in [1.82, 2.24) is 5.01 Å². The molecule has 1 rings (SSSR count). The van der Waals surface area contributed by atoms with Gasteiger partial charge in [-0.2, -0.15) is 0 Å². The van der Waals surface area contributed by atoms with Gasteiger partial charge in [0.2, 0.25) is 0 Å². The first-order valence-electron chi connectivity index (χ1n) is 3.58. The first-order valence-corrected chi connectivity index (χ1v) is 3.58. The van der Waals surface area contributed by atoms with Crippen molar-refractivity contribution >= 4 is 17.6 Å². The summed E-state index contributed by atoms with van der Waals surface area (Å²) in [7, 11) is 1.31. The molecule has 66 valence electrons. The number of hydrogen-bond donors (Lipinski definition) is 0. The molecule has 0 unspecified atom stereocenters. The van der Waals surface area contributed by atoms with Crippen molar-refractivity contribution in [3.05, 3.63) is 0 Å². The number of ketones is 1. The molecule has 1 aliphatic heterocycles. The molecule has 5 nitrogen and oxygen atoms in total. The summed E-state index contributed by atoms with van der Waals surface area (Å²) in [6, 6.07) is -0.117. The van der Waals surface area contributed by atoms with E-state index in [1.165, 1.54) is 7.11 Å². The molecule has 1 aliphatic rings. The highest BCUT2D eigenvalue weighted by Crippen LogP contribution is 2.09. The molecule has 5 heteroatoms. The number of nitrogens with zero attached hydrogens (tertiary/aromatic N) is 2. The molecule has 0 aromatic rings. The molecule has 0 aromatic heterocycles. The molecule has 0 saturated heterocycles. The van der Waals surface area contributed by atoms with Crippen LogP contribution in [0.3, 0.4) is 0 Å². The minimum atomic E-state index is -0.675. The van der Waals surface area contributed by atoms with Crippen LogP contribution in [0, 0.1) is 0 Å². The van der Waals surface area contributed by atoms with Gasteiger partial charge in [-0.1, -0.05) is 0 Å². The van der Waals surface area contributed by atoms with Gasteiger partial charge in [0, 0.05) is 0 Å². The Morgan fingerprint density at radius 3 is 2.25 bits per heavy atom. The van der Waals surface area contributed by atoms with Gasteiger partial charge in [0.1, 0.15) is 0 Å². The Bertz CT molecular complexity index is 257. The average molecular weight is 170 g/mol. The van der Waals surface area contributed by atoms with E-state index in [1.54, 1.807) is 13.8 Å². The van der Waals surface area contributed by atoms with Gasteiger partial charge in [-0.05, 0) is 13.8 Å². The van der Waals surface area contributed by atoms with Gasteiger partial charge in [-0.25, -0.2) is 5.01 Å². The highest BCUT2D eigenvalue weighted by molar-refractivity contribution is 6.64. The van der Waals surface area contributed by atoms with E-state index in [0.29, 0.717) is 0 Å². The lowest BCUT2D eigenvalue weighted by Crippen LogP contribution is -2.32. The zero-order valence-electron chi connectivity index (χ0n) is 7.20. The second-order valence-corrected chi connectivity index (χ2v) is 2.68. The Balaban J connectivity index is 2.89. The molecule has 0 spiro atoms. The van der Waals surface area contributed by atoms with E-state index in [9.17, 15) is 9.59 Å². The van der Waals surface area contributed by atoms with E-state index in [0.717, 1.165) is 5.01 Å². The second kappa shape index (κ2) is 2.92. The molecule has 0 bridgehead atoms. The summed E-state index contributed by atoms with van der Waals surface area (Å²) >= 11 is 0. The number of hydrogen-bond acceptors (Lipinski definition) is 4. The van der Waals surface area contributed by atoms with Crippen LogP contribution in [0.5, 0.6) is 0 Å². The normalized spacial score (nSPS) is 17.3. The van der Waals surface area contributed by atoms with Crippen LogP contribution in [0.25, 0.3) is 0 Å². The zero-order valence-corrected chi connectivity index (χ0v) is 7.20. The van der Waals surface area contributed by atoms with Crippen LogP contribution in [0.15, 0.2) is 5.10 Å². The average Bonchev–Trinajstić information content (AvgIpc) is 2.30. The molecule has 1 amide bonds. The number of methoxy groups -OCH3 is 1. The third kappa shape index (κ3) is 1.17. The minimum absolute atomic E-state index is 0.117. The summed E-state index contributed by atoms with van der Waals surface area (Å²) < 4.78 is 4.61. The number of carbonyl (C=O) groups is 2. The van der Waals surface area contributed by atoms with Gasteiger partial charge in [0.15, 0.2) is 0 Å². The lowest BCUT2D eigenvalue weighted by Gasteiger charge is -2.13. The fraction of sp³-hybridized carbons (Fsp3) is 0.571. The van der Waals surface area contributed by atoms with E-state index in [4.69, 9.17) is 0 Å². The lowest BCUT2D eigenvalue weighted by molar-refractivity contribution is -0.141. The maximum absolute atomic E-state index is 11.1. The molecular formula is C7H10N2O3. The van der Waals surface area contributed by atoms with E-state index in [1.807, 2.05) is 0 Å². The summed E-state index contributed by atoms with van der Waals surface area (Å²) in [5.74, 6) is -1.43. The van der Waals surface area contributed by atoms with Crippen molar-refractivity contribution in [2.75, 3.05) is 7.11 Å². The molecule has 0 atom stereocenters. The van der Waals surface area contributed by atoms with Gasteiger partial charge in [-0.15, -0.1) is 5.10 Å². The minimum Gasteiger partial charge on any atom is -0.477 e. The molecule has 0 fully saturated rings. The smallest absolute Gasteiger partial charge is 0.320 e. The van der Waals surface area contributed by atoms with E-state index >= 15 is 0 Å². The highest BCUT2D eigenvalue weighted by Gasteiger charge is 2.36. The second-order valence-electron chi connectivity index (χ2n) is 2.68. The third-order valence-corrected chi connectivity index (χ3v) is 1.48. The van der Waals surface area contributed by atoms with Crippen molar-refractivity contribution in [3.8, 4) is 0 Å². The molecule has 0 aromatic carbocycles. The van der Waals surface area contributed by atoms with Crippen molar-refractivity contribution in [1.29, 1.82) is 0 Å². The molecule has 0 radical (unpaired) electrons. The number of carbonyl (C=O) groups excluding carboxylic acids is 2. The van der Waals surface area contributed by atoms with E-state index in [2.05, 4.69) is 9.84 Å². The maximum atomic E-state index is 11.1. The molecule has 0 aliphatic carbocycles. The van der Waals surface area contributed by atoms with Crippen LogP contribution in [0.4, 0.5) is 0 Å². The van der Waals surface area contributed by atoms with Crippen LogP contribution in [0.1, 0.15) is 13.8 Å². The largest absolute Gasteiger partial charge is 0.477 e. The third-order valence-electron chi connectivity index (χ3n) is 1.48. The van der Waals surface area contributed by atoms with Crippen molar-refractivity contribution in [2.45, 2.75) is 19.9 Å². The highest BCUT2D eigenvalue weighted by atomic mass is 16.5. The SMILES string of the molecule is COC1=NN(C(C)C)C(=O)C1=O. The monoisotopic (exact) mass is 170 g/mol. The predicted molar refractivity (Wildman–Crippen MR) is 41.4 cm³/mol. The summed E-state index contributed by atoms with van der Waals surface area (Å²) in [6.07, 6.45) is 0. The van der Waals surface area contributed by atoms with Crippen LogP contribution >= 0.6 is 0 Å². The van der Waals surface area contributed by atoms with Crippen molar-refractivity contribution in [2.24, 2.45) is 5.10 Å². The summed E-state index contributed by atoms with van der Waals surface area (Å²) in [6.45, 7) is 3.54. The summed E-state index contributed by atoms with van der Waals surface area (Å²) in [5.41, 5.74) is 0. The van der Waals surface area contributed by atoms with Crippen molar-refractivity contribution < 1.29 is 14.3 Å². The van der Waals surface area contributed by atoms with Gasteiger partial charge < -0.3 is 4.74 Å². The van der Waals surface area contributed by atoms with Gasteiger partial charge in [0.25, 0.3) is 5.90 Å². The summed E-state index contributed by atoms with van der Waals surface area (Å²) in [4.78, 5) is 22.1. The lowest BCUT2D eigenvalue weighted by atomic mass is 10.3. The number of hydrazone groups is 1. The zero-order chi connectivity index (χ0) is 9.30. The number of ether oxygens (including phenoxy) is 1.